The summed E-state index contributed by atoms with van der Waals surface area (Å²) in [4.78, 5) is 6.89. The van der Waals surface area contributed by atoms with Crippen molar-refractivity contribution in [3.05, 3.63) is 41.5 Å². The molecule has 1 aliphatic heterocycles. The quantitative estimate of drug-likeness (QED) is 0.938. The average Bonchev–Trinajstić information content (AvgIpc) is 3.26. The normalized spacial score (nSPS) is 22.0. The van der Waals surface area contributed by atoms with Gasteiger partial charge in [-0.1, -0.05) is 23.4 Å². The number of hydrogen-bond acceptors (Lipinski definition) is 5. The van der Waals surface area contributed by atoms with Crippen molar-refractivity contribution in [3.63, 3.8) is 0 Å². The third kappa shape index (κ3) is 2.65. The van der Waals surface area contributed by atoms with E-state index in [0.717, 1.165) is 24.8 Å². The maximum Gasteiger partial charge on any atom is 0.246 e. The Kier molecular flexibility index (Phi) is 3.15. The third-order valence-electron chi connectivity index (χ3n) is 4.22. The molecule has 0 amide bonds. The highest BCUT2D eigenvalue weighted by molar-refractivity contribution is 5.54. The summed E-state index contributed by atoms with van der Waals surface area (Å²) >= 11 is 0. The Hall–Kier alpha value is -1.88. The van der Waals surface area contributed by atoms with Gasteiger partial charge in [-0.25, -0.2) is 0 Å². The topological polar surface area (TPSA) is 54.2 Å². The van der Waals surface area contributed by atoms with E-state index >= 15 is 0 Å². The van der Waals surface area contributed by atoms with Crippen LogP contribution in [0.4, 0.5) is 5.69 Å². The summed E-state index contributed by atoms with van der Waals surface area (Å²) in [6, 6.07) is 8.96. The molecule has 1 atom stereocenters. The largest absolute Gasteiger partial charge is 0.360 e. The molecule has 5 nitrogen and oxygen atoms in total. The lowest BCUT2D eigenvalue weighted by Gasteiger charge is -2.24. The lowest BCUT2D eigenvalue weighted by molar-refractivity contribution is 0.369. The molecule has 1 aromatic carbocycles. The number of fused-ring (bicyclic) bond motifs is 1. The van der Waals surface area contributed by atoms with Crippen molar-refractivity contribution >= 4 is 5.69 Å². The van der Waals surface area contributed by atoms with Gasteiger partial charge in [0.05, 0.1) is 6.54 Å². The van der Waals surface area contributed by atoms with E-state index in [-0.39, 0.29) is 0 Å². The molecule has 0 bridgehead atoms. The van der Waals surface area contributed by atoms with Crippen molar-refractivity contribution in [3.8, 4) is 0 Å². The molecular formula is C16H20N4O. The Bertz CT molecular complexity index is 635. The van der Waals surface area contributed by atoms with Crippen LogP contribution in [0.25, 0.3) is 0 Å². The van der Waals surface area contributed by atoms with Gasteiger partial charge in [0.1, 0.15) is 0 Å². The Morgan fingerprint density at radius 3 is 3.05 bits per heavy atom. The zero-order valence-corrected chi connectivity index (χ0v) is 12.2. The molecule has 1 unspecified atom stereocenters. The van der Waals surface area contributed by atoms with E-state index in [4.69, 9.17) is 4.52 Å². The summed E-state index contributed by atoms with van der Waals surface area (Å²) < 4.78 is 5.44. The molecule has 0 spiro atoms. The molecule has 5 heteroatoms. The minimum absolute atomic E-state index is 0.434. The number of nitrogens with one attached hydrogen (secondary N) is 1. The van der Waals surface area contributed by atoms with Crippen LogP contribution in [0.5, 0.6) is 0 Å². The van der Waals surface area contributed by atoms with Crippen LogP contribution >= 0.6 is 0 Å². The Morgan fingerprint density at radius 2 is 2.19 bits per heavy atom. The molecule has 2 heterocycles. The van der Waals surface area contributed by atoms with E-state index in [1.807, 2.05) is 0 Å². The Balaban J connectivity index is 1.59. The van der Waals surface area contributed by atoms with Crippen molar-refractivity contribution < 1.29 is 4.52 Å². The van der Waals surface area contributed by atoms with Gasteiger partial charge in [0.15, 0.2) is 5.82 Å². The fraction of sp³-hybridized carbons (Fsp3) is 0.500. The zero-order chi connectivity index (χ0) is 14.2. The first-order valence-electron chi connectivity index (χ1n) is 7.68. The summed E-state index contributed by atoms with van der Waals surface area (Å²) in [5.74, 6) is 2.15. The number of benzene rings is 1. The summed E-state index contributed by atoms with van der Waals surface area (Å²) in [6.07, 6.45) is 2.40. The van der Waals surface area contributed by atoms with Gasteiger partial charge >= 0.3 is 0 Å². The second kappa shape index (κ2) is 5.15. The number of nitrogens with zero attached hydrogens (tertiary/aromatic N) is 3. The Morgan fingerprint density at radius 1 is 1.33 bits per heavy atom. The predicted octanol–water partition coefficient (Wildman–Crippen LogP) is 2.45. The number of hydrogen-bond donors (Lipinski definition) is 1. The fourth-order valence-electron chi connectivity index (χ4n) is 2.90. The molecule has 1 aliphatic carbocycles. The predicted molar refractivity (Wildman–Crippen MR) is 80.1 cm³/mol. The molecule has 1 N–H and O–H groups in total. The van der Waals surface area contributed by atoms with Gasteiger partial charge in [-0.15, -0.1) is 0 Å². The molecule has 2 aromatic rings. The van der Waals surface area contributed by atoms with E-state index in [1.54, 1.807) is 0 Å². The first kappa shape index (κ1) is 12.8. The maximum absolute atomic E-state index is 5.44. The minimum atomic E-state index is 0.434. The van der Waals surface area contributed by atoms with Gasteiger partial charge in [-0.05, 0) is 31.4 Å². The molecule has 1 saturated carbocycles. The highest BCUT2D eigenvalue weighted by atomic mass is 16.5. The SMILES string of the molecule is CC1CN(Cc2nc(C3CC3)no2)c2ccccc2CN1. The average molecular weight is 284 g/mol. The molecule has 0 radical (unpaired) electrons. The van der Waals surface area contributed by atoms with Crippen molar-refractivity contribution in [2.24, 2.45) is 0 Å². The highest BCUT2D eigenvalue weighted by Crippen LogP contribution is 2.38. The maximum atomic E-state index is 5.44. The highest BCUT2D eigenvalue weighted by Gasteiger charge is 2.29. The van der Waals surface area contributed by atoms with Gasteiger partial charge < -0.3 is 14.7 Å². The van der Waals surface area contributed by atoms with Gasteiger partial charge in [-0.3, -0.25) is 0 Å². The lowest BCUT2D eigenvalue weighted by atomic mass is 10.1. The van der Waals surface area contributed by atoms with Crippen molar-refractivity contribution in [2.75, 3.05) is 11.4 Å². The van der Waals surface area contributed by atoms with Crippen LogP contribution in [0, 0.1) is 0 Å². The summed E-state index contributed by atoms with van der Waals surface area (Å²) in [7, 11) is 0. The molecule has 1 aromatic heterocycles. The molecule has 110 valence electrons. The van der Waals surface area contributed by atoms with E-state index in [1.165, 1.54) is 24.1 Å². The number of anilines is 1. The molecule has 4 rings (SSSR count). The van der Waals surface area contributed by atoms with E-state index < -0.39 is 0 Å². The fourth-order valence-corrected chi connectivity index (χ4v) is 2.90. The van der Waals surface area contributed by atoms with Crippen molar-refractivity contribution in [1.29, 1.82) is 0 Å². The van der Waals surface area contributed by atoms with E-state index in [0.29, 0.717) is 18.5 Å². The van der Waals surface area contributed by atoms with Crippen LogP contribution in [-0.2, 0) is 13.1 Å². The zero-order valence-electron chi connectivity index (χ0n) is 12.2. The first-order chi connectivity index (χ1) is 10.3. The third-order valence-corrected chi connectivity index (χ3v) is 4.22. The smallest absolute Gasteiger partial charge is 0.246 e. The van der Waals surface area contributed by atoms with Crippen LogP contribution in [0.2, 0.25) is 0 Å². The molecule has 21 heavy (non-hydrogen) atoms. The summed E-state index contributed by atoms with van der Waals surface area (Å²) in [5.41, 5.74) is 2.59. The van der Waals surface area contributed by atoms with Gasteiger partial charge in [-0.2, -0.15) is 4.98 Å². The summed E-state index contributed by atoms with van der Waals surface area (Å²) in [6.45, 7) is 4.74. The lowest BCUT2D eigenvalue weighted by Crippen LogP contribution is -2.35. The summed E-state index contributed by atoms with van der Waals surface area (Å²) in [5, 5.41) is 7.66. The molecule has 2 aliphatic rings. The molecular weight excluding hydrogens is 264 g/mol. The molecule has 1 fully saturated rings. The van der Waals surface area contributed by atoms with Crippen LogP contribution in [0.15, 0.2) is 28.8 Å². The van der Waals surface area contributed by atoms with Crippen molar-refractivity contribution in [1.82, 2.24) is 15.5 Å². The molecule has 0 saturated heterocycles. The van der Waals surface area contributed by atoms with Crippen LogP contribution < -0.4 is 10.2 Å². The van der Waals surface area contributed by atoms with E-state index in [9.17, 15) is 0 Å². The van der Waals surface area contributed by atoms with Crippen LogP contribution in [0.3, 0.4) is 0 Å². The monoisotopic (exact) mass is 284 g/mol. The standard InChI is InChI=1S/C16H20N4O/c1-11-9-20(14-5-3-2-4-13(14)8-17-11)10-15-18-16(19-21-15)12-6-7-12/h2-5,11-12,17H,6-10H2,1H3. The number of rotatable bonds is 3. The second-order valence-electron chi connectivity index (χ2n) is 6.11. The van der Waals surface area contributed by atoms with Gasteiger partial charge in [0.25, 0.3) is 0 Å². The van der Waals surface area contributed by atoms with Crippen LogP contribution in [0.1, 0.15) is 43.0 Å². The van der Waals surface area contributed by atoms with Gasteiger partial charge in [0, 0.05) is 30.7 Å². The van der Waals surface area contributed by atoms with Crippen LogP contribution in [-0.4, -0.2) is 22.7 Å². The first-order valence-corrected chi connectivity index (χ1v) is 7.68. The minimum Gasteiger partial charge on any atom is -0.360 e. The second-order valence-corrected chi connectivity index (χ2v) is 6.11. The van der Waals surface area contributed by atoms with Gasteiger partial charge in [0.2, 0.25) is 5.89 Å². The van der Waals surface area contributed by atoms with Crippen molar-refractivity contribution in [2.45, 2.75) is 44.8 Å². The van der Waals surface area contributed by atoms with E-state index in [2.05, 4.69) is 51.5 Å². The Labute approximate surface area is 124 Å². The number of para-hydroxylation sites is 1. The number of aromatic nitrogens is 2.